The first-order valence-electron chi connectivity index (χ1n) is 5.27. The van der Waals surface area contributed by atoms with E-state index < -0.39 is 18.9 Å². The fraction of sp³-hybridized carbons (Fsp3) is 0.600. The van der Waals surface area contributed by atoms with Gasteiger partial charge in [0.1, 0.15) is 0 Å². The van der Waals surface area contributed by atoms with Crippen molar-refractivity contribution in [3.63, 3.8) is 0 Å². The van der Waals surface area contributed by atoms with Gasteiger partial charge in [-0.3, -0.25) is 9.48 Å². The van der Waals surface area contributed by atoms with Crippen molar-refractivity contribution in [2.45, 2.75) is 19.4 Å². The lowest BCUT2D eigenvalue weighted by Gasteiger charge is -2.21. The van der Waals surface area contributed by atoms with Crippen LogP contribution in [-0.2, 0) is 11.3 Å². The van der Waals surface area contributed by atoms with Gasteiger partial charge in [-0.1, -0.05) is 0 Å². The molecule has 0 unspecified atom stereocenters. The second kappa shape index (κ2) is 6.95. The summed E-state index contributed by atoms with van der Waals surface area (Å²) in [6.07, 6.45) is 0.774. The quantitative estimate of drug-likeness (QED) is 0.756. The minimum atomic E-state index is -2.59. The summed E-state index contributed by atoms with van der Waals surface area (Å²) in [5.41, 5.74) is 0. The number of carbonyl (C=O) groups is 1. The third-order valence-electron chi connectivity index (χ3n) is 2.19. The monoisotopic (exact) mass is 247 g/mol. The van der Waals surface area contributed by atoms with Gasteiger partial charge in [0, 0.05) is 31.9 Å². The molecule has 0 bridgehead atoms. The smallest absolute Gasteiger partial charge is 0.255 e. The van der Waals surface area contributed by atoms with E-state index in [1.54, 1.807) is 23.1 Å². The highest BCUT2D eigenvalue weighted by atomic mass is 19.3. The van der Waals surface area contributed by atoms with E-state index in [2.05, 4.69) is 5.10 Å². The molecule has 1 aromatic heterocycles. The van der Waals surface area contributed by atoms with Gasteiger partial charge in [0.05, 0.1) is 13.2 Å². The number of aliphatic hydroxyl groups excluding tert-OH is 1. The Morgan fingerprint density at radius 2 is 2.29 bits per heavy atom. The summed E-state index contributed by atoms with van der Waals surface area (Å²) in [7, 11) is 0. The first-order valence-corrected chi connectivity index (χ1v) is 5.27. The van der Waals surface area contributed by atoms with Gasteiger partial charge in [-0.15, -0.1) is 0 Å². The summed E-state index contributed by atoms with van der Waals surface area (Å²) in [5, 5.41) is 12.6. The molecule has 7 heteroatoms. The molecule has 1 amide bonds. The second-order valence-corrected chi connectivity index (χ2v) is 3.47. The molecular formula is C10H15F2N3O2. The van der Waals surface area contributed by atoms with Gasteiger partial charge in [0.25, 0.3) is 6.43 Å². The number of nitrogens with zero attached hydrogens (tertiary/aromatic N) is 3. The Hall–Kier alpha value is -1.50. The zero-order valence-electron chi connectivity index (χ0n) is 9.30. The lowest BCUT2D eigenvalue weighted by atomic mass is 10.3. The van der Waals surface area contributed by atoms with Gasteiger partial charge in [-0.25, -0.2) is 8.78 Å². The highest BCUT2D eigenvalue weighted by Crippen LogP contribution is 2.02. The molecule has 0 atom stereocenters. The lowest BCUT2D eigenvalue weighted by molar-refractivity contribution is -0.134. The Morgan fingerprint density at radius 3 is 2.82 bits per heavy atom. The van der Waals surface area contributed by atoms with Crippen LogP contribution in [0.4, 0.5) is 8.78 Å². The molecule has 0 saturated carbocycles. The number of aryl methyl sites for hydroxylation is 1. The fourth-order valence-electron chi connectivity index (χ4n) is 1.41. The van der Waals surface area contributed by atoms with Crippen molar-refractivity contribution < 1.29 is 18.7 Å². The molecule has 1 heterocycles. The third-order valence-corrected chi connectivity index (χ3v) is 2.19. The minimum absolute atomic E-state index is 0.0672. The Morgan fingerprint density at radius 1 is 1.53 bits per heavy atom. The van der Waals surface area contributed by atoms with Crippen molar-refractivity contribution in [2.24, 2.45) is 0 Å². The molecule has 0 fully saturated rings. The van der Waals surface area contributed by atoms with Crippen LogP contribution >= 0.6 is 0 Å². The molecular weight excluding hydrogens is 232 g/mol. The van der Waals surface area contributed by atoms with Gasteiger partial charge in [-0.05, 0) is 6.07 Å². The predicted octanol–water partition coefficient (Wildman–Crippen LogP) is 0.359. The van der Waals surface area contributed by atoms with Crippen molar-refractivity contribution in [3.05, 3.63) is 18.5 Å². The van der Waals surface area contributed by atoms with Crippen LogP contribution in [0.3, 0.4) is 0 Å². The van der Waals surface area contributed by atoms with Gasteiger partial charge in [-0.2, -0.15) is 5.10 Å². The van der Waals surface area contributed by atoms with E-state index in [-0.39, 0.29) is 19.6 Å². The molecule has 96 valence electrons. The number of halogens is 2. The topological polar surface area (TPSA) is 58.4 Å². The Labute approximate surface area is 97.6 Å². The van der Waals surface area contributed by atoms with E-state index in [1.165, 1.54) is 0 Å². The zero-order chi connectivity index (χ0) is 12.7. The van der Waals surface area contributed by atoms with E-state index in [0.29, 0.717) is 6.54 Å². The predicted molar refractivity (Wildman–Crippen MR) is 56.5 cm³/mol. The zero-order valence-corrected chi connectivity index (χ0v) is 9.30. The molecule has 1 N–H and O–H groups in total. The maximum atomic E-state index is 12.2. The summed E-state index contributed by atoms with van der Waals surface area (Å²) in [6.45, 7) is -0.683. The first kappa shape index (κ1) is 13.6. The van der Waals surface area contributed by atoms with Crippen LogP contribution in [0.2, 0.25) is 0 Å². The number of alkyl halides is 2. The van der Waals surface area contributed by atoms with Crippen molar-refractivity contribution in [3.8, 4) is 0 Å². The first-order chi connectivity index (χ1) is 8.13. The molecule has 0 aliphatic heterocycles. The second-order valence-electron chi connectivity index (χ2n) is 3.47. The van der Waals surface area contributed by atoms with Crippen LogP contribution in [0.1, 0.15) is 6.42 Å². The summed E-state index contributed by atoms with van der Waals surface area (Å²) >= 11 is 0. The number of hydrogen-bond acceptors (Lipinski definition) is 3. The molecule has 0 aromatic carbocycles. The number of aromatic nitrogens is 2. The van der Waals surface area contributed by atoms with E-state index in [1.807, 2.05) is 0 Å². The van der Waals surface area contributed by atoms with Crippen molar-refractivity contribution >= 4 is 5.91 Å². The number of carbonyl (C=O) groups excluding carboxylic acids is 1. The standard InChI is InChI=1S/C10H15F2N3O2/c11-9(12)8-14(6-7-16)10(17)2-5-15-4-1-3-13-15/h1,3-4,9,16H,2,5-8H2. The molecule has 0 aliphatic carbocycles. The van der Waals surface area contributed by atoms with Crippen LogP contribution < -0.4 is 0 Å². The van der Waals surface area contributed by atoms with Crippen LogP contribution in [0.25, 0.3) is 0 Å². The molecule has 0 saturated heterocycles. The van der Waals surface area contributed by atoms with Gasteiger partial charge in [0.15, 0.2) is 0 Å². The maximum Gasteiger partial charge on any atom is 0.255 e. The summed E-state index contributed by atoms with van der Waals surface area (Å²) < 4.78 is 25.9. The van der Waals surface area contributed by atoms with Crippen LogP contribution in [0.5, 0.6) is 0 Å². The van der Waals surface area contributed by atoms with Crippen molar-refractivity contribution in [1.29, 1.82) is 0 Å². The largest absolute Gasteiger partial charge is 0.395 e. The average Bonchev–Trinajstić information content (AvgIpc) is 2.77. The maximum absolute atomic E-state index is 12.2. The molecule has 1 aromatic rings. The van der Waals surface area contributed by atoms with Gasteiger partial charge < -0.3 is 10.0 Å². The summed E-state index contributed by atoms with van der Waals surface area (Å²) in [4.78, 5) is 12.6. The number of aliphatic hydroxyl groups is 1. The Bertz CT molecular complexity index is 330. The van der Waals surface area contributed by atoms with Crippen molar-refractivity contribution in [1.82, 2.24) is 14.7 Å². The molecule has 1 rings (SSSR count). The van der Waals surface area contributed by atoms with Crippen LogP contribution in [0.15, 0.2) is 18.5 Å². The van der Waals surface area contributed by atoms with E-state index in [0.717, 1.165) is 4.90 Å². The highest BCUT2D eigenvalue weighted by molar-refractivity contribution is 5.76. The van der Waals surface area contributed by atoms with Crippen LogP contribution in [-0.4, -0.2) is 51.8 Å². The van der Waals surface area contributed by atoms with Gasteiger partial charge >= 0.3 is 0 Å². The Kier molecular flexibility index (Phi) is 5.55. The highest BCUT2D eigenvalue weighted by Gasteiger charge is 2.17. The van der Waals surface area contributed by atoms with E-state index in [4.69, 9.17) is 5.11 Å². The molecule has 17 heavy (non-hydrogen) atoms. The number of rotatable bonds is 7. The number of hydrogen-bond donors (Lipinski definition) is 1. The average molecular weight is 247 g/mol. The molecule has 0 radical (unpaired) electrons. The van der Waals surface area contributed by atoms with E-state index >= 15 is 0 Å². The van der Waals surface area contributed by atoms with E-state index in [9.17, 15) is 13.6 Å². The van der Waals surface area contributed by atoms with Crippen molar-refractivity contribution in [2.75, 3.05) is 19.7 Å². The summed E-state index contributed by atoms with van der Waals surface area (Å²) in [6, 6.07) is 1.72. The SMILES string of the molecule is O=C(CCn1cccn1)N(CCO)CC(F)F. The van der Waals surface area contributed by atoms with Gasteiger partial charge in [0.2, 0.25) is 5.91 Å². The third kappa shape index (κ3) is 4.90. The molecule has 0 spiro atoms. The minimum Gasteiger partial charge on any atom is -0.395 e. The molecule has 5 nitrogen and oxygen atoms in total. The molecule has 0 aliphatic rings. The summed E-state index contributed by atoms with van der Waals surface area (Å²) in [5.74, 6) is -0.408. The number of amides is 1. The fourth-order valence-corrected chi connectivity index (χ4v) is 1.41. The Balaban J connectivity index is 2.41. The van der Waals surface area contributed by atoms with Crippen LogP contribution in [0, 0.1) is 0 Å². The normalized spacial score (nSPS) is 10.8. The lowest BCUT2D eigenvalue weighted by Crippen LogP contribution is -2.37.